The topological polar surface area (TPSA) is 79.2 Å². The summed E-state index contributed by atoms with van der Waals surface area (Å²) in [6.07, 6.45) is 6.77. The second-order valence-corrected chi connectivity index (χ2v) is 5.03. The number of hydrogen-bond donors (Lipinski definition) is 1. The molecule has 2 aliphatic rings. The van der Waals surface area contributed by atoms with Gasteiger partial charge >= 0.3 is 0 Å². The standard InChI is InChI=1S/C14H18N2O3/c15-8-12(13(17)10-4-3-7-19-9-10)14(18)16-11-5-1-2-6-11/h9,11-12H,1-7H2,(H,16,18). The van der Waals surface area contributed by atoms with E-state index in [4.69, 9.17) is 10.00 Å². The van der Waals surface area contributed by atoms with Gasteiger partial charge in [-0.1, -0.05) is 12.8 Å². The van der Waals surface area contributed by atoms with Crippen LogP contribution in [0.2, 0.25) is 0 Å². The molecule has 0 saturated heterocycles. The number of ketones is 1. The molecular formula is C14H18N2O3. The Bertz CT molecular complexity index is 430. The maximum atomic E-state index is 12.1. The summed E-state index contributed by atoms with van der Waals surface area (Å²) in [5.41, 5.74) is 0.444. The van der Waals surface area contributed by atoms with Crippen molar-refractivity contribution in [2.75, 3.05) is 6.61 Å². The molecule has 1 heterocycles. The van der Waals surface area contributed by atoms with Crippen LogP contribution >= 0.6 is 0 Å². The van der Waals surface area contributed by atoms with Crippen molar-refractivity contribution in [2.24, 2.45) is 5.92 Å². The molecule has 19 heavy (non-hydrogen) atoms. The van der Waals surface area contributed by atoms with E-state index in [2.05, 4.69) is 5.32 Å². The van der Waals surface area contributed by atoms with Crippen molar-refractivity contribution in [2.45, 2.75) is 44.6 Å². The fourth-order valence-corrected chi connectivity index (χ4v) is 2.52. The number of hydrogen-bond acceptors (Lipinski definition) is 4. The van der Waals surface area contributed by atoms with Crippen molar-refractivity contribution in [3.05, 3.63) is 11.8 Å². The Labute approximate surface area is 112 Å². The first kappa shape index (κ1) is 13.6. The first-order chi connectivity index (χ1) is 9.22. The van der Waals surface area contributed by atoms with E-state index < -0.39 is 17.6 Å². The van der Waals surface area contributed by atoms with Gasteiger partial charge in [-0.25, -0.2) is 0 Å². The summed E-state index contributed by atoms with van der Waals surface area (Å²) < 4.78 is 5.09. The highest BCUT2D eigenvalue weighted by Gasteiger charge is 2.31. The highest BCUT2D eigenvalue weighted by molar-refractivity contribution is 6.11. The van der Waals surface area contributed by atoms with E-state index in [0.717, 1.165) is 32.1 Å². The molecule has 0 aromatic carbocycles. The molecule has 0 aromatic heterocycles. The molecule has 1 saturated carbocycles. The van der Waals surface area contributed by atoms with Crippen molar-refractivity contribution in [1.82, 2.24) is 5.32 Å². The Kier molecular flexibility index (Phi) is 4.56. The lowest BCUT2D eigenvalue weighted by Crippen LogP contribution is -2.40. The van der Waals surface area contributed by atoms with Crippen molar-refractivity contribution in [3.8, 4) is 6.07 Å². The molecule has 102 valence electrons. The summed E-state index contributed by atoms with van der Waals surface area (Å²) in [7, 11) is 0. The van der Waals surface area contributed by atoms with E-state index in [1.807, 2.05) is 6.07 Å². The summed E-state index contributed by atoms with van der Waals surface area (Å²) in [5, 5.41) is 11.9. The summed E-state index contributed by atoms with van der Waals surface area (Å²) in [6.45, 7) is 0.586. The maximum absolute atomic E-state index is 12.1. The number of rotatable bonds is 4. The van der Waals surface area contributed by atoms with Gasteiger partial charge in [0.25, 0.3) is 0 Å². The lowest BCUT2D eigenvalue weighted by atomic mass is 9.95. The molecule has 0 spiro atoms. The maximum Gasteiger partial charge on any atom is 0.245 e. The highest BCUT2D eigenvalue weighted by atomic mass is 16.5. The van der Waals surface area contributed by atoms with Crippen LogP contribution in [-0.4, -0.2) is 24.3 Å². The third kappa shape index (κ3) is 3.34. The third-order valence-electron chi connectivity index (χ3n) is 3.61. The van der Waals surface area contributed by atoms with Crippen LogP contribution in [0.25, 0.3) is 0 Å². The second-order valence-electron chi connectivity index (χ2n) is 5.03. The summed E-state index contributed by atoms with van der Waals surface area (Å²) in [4.78, 5) is 24.1. The molecular weight excluding hydrogens is 244 g/mol. The predicted molar refractivity (Wildman–Crippen MR) is 67.8 cm³/mol. The van der Waals surface area contributed by atoms with E-state index in [0.29, 0.717) is 18.6 Å². The van der Waals surface area contributed by atoms with Crippen molar-refractivity contribution >= 4 is 11.7 Å². The summed E-state index contributed by atoms with van der Waals surface area (Å²) >= 11 is 0. The SMILES string of the molecule is N#CC(C(=O)NC1CCCC1)C(=O)C1=COCCC1. The molecule has 1 fully saturated rings. The predicted octanol–water partition coefficient (Wildman–Crippen LogP) is 1.45. The van der Waals surface area contributed by atoms with Gasteiger partial charge in [-0.3, -0.25) is 9.59 Å². The van der Waals surface area contributed by atoms with Crippen LogP contribution in [0.1, 0.15) is 38.5 Å². The monoisotopic (exact) mass is 262 g/mol. The summed E-state index contributed by atoms with van der Waals surface area (Å²) in [5.74, 6) is -2.13. The first-order valence-electron chi connectivity index (χ1n) is 6.77. The van der Waals surface area contributed by atoms with E-state index in [-0.39, 0.29) is 6.04 Å². The molecule has 5 heteroatoms. The molecule has 1 amide bonds. The van der Waals surface area contributed by atoms with Crippen LogP contribution in [0.4, 0.5) is 0 Å². The molecule has 5 nitrogen and oxygen atoms in total. The van der Waals surface area contributed by atoms with Crippen LogP contribution in [-0.2, 0) is 14.3 Å². The summed E-state index contributed by atoms with van der Waals surface area (Å²) in [6, 6.07) is 1.93. The number of nitriles is 1. The number of carbonyl (C=O) groups excluding carboxylic acids is 2. The zero-order valence-electron chi connectivity index (χ0n) is 10.9. The quantitative estimate of drug-likeness (QED) is 0.778. The molecule has 0 aromatic rings. The van der Waals surface area contributed by atoms with Crippen LogP contribution in [0.3, 0.4) is 0 Å². The Balaban J connectivity index is 1.98. The smallest absolute Gasteiger partial charge is 0.245 e. The van der Waals surface area contributed by atoms with Crippen LogP contribution in [0.5, 0.6) is 0 Å². The molecule has 0 radical (unpaired) electrons. The van der Waals surface area contributed by atoms with E-state index >= 15 is 0 Å². The lowest BCUT2D eigenvalue weighted by molar-refractivity contribution is -0.130. The van der Waals surface area contributed by atoms with E-state index in [1.165, 1.54) is 6.26 Å². The van der Waals surface area contributed by atoms with Gasteiger partial charge in [0.1, 0.15) is 0 Å². The van der Waals surface area contributed by atoms with Crippen LogP contribution in [0.15, 0.2) is 11.8 Å². The molecule has 1 aliphatic carbocycles. The highest BCUT2D eigenvalue weighted by Crippen LogP contribution is 2.20. The number of nitrogens with zero attached hydrogens (tertiary/aromatic N) is 1. The Morgan fingerprint density at radius 3 is 2.68 bits per heavy atom. The zero-order valence-corrected chi connectivity index (χ0v) is 10.9. The van der Waals surface area contributed by atoms with Gasteiger partial charge in [0.2, 0.25) is 5.91 Å². The average Bonchev–Trinajstić information content (AvgIpc) is 2.93. The molecule has 0 bridgehead atoms. The van der Waals surface area contributed by atoms with E-state index in [9.17, 15) is 9.59 Å². The van der Waals surface area contributed by atoms with Crippen molar-refractivity contribution in [3.63, 3.8) is 0 Å². The number of carbonyl (C=O) groups is 2. The minimum absolute atomic E-state index is 0.118. The van der Waals surface area contributed by atoms with Crippen molar-refractivity contribution in [1.29, 1.82) is 5.26 Å². The molecule has 1 unspecified atom stereocenters. The Morgan fingerprint density at radius 2 is 2.11 bits per heavy atom. The van der Waals surface area contributed by atoms with Crippen LogP contribution in [0, 0.1) is 17.2 Å². The number of nitrogens with one attached hydrogen (secondary N) is 1. The van der Waals surface area contributed by atoms with Crippen LogP contribution < -0.4 is 5.32 Å². The van der Waals surface area contributed by atoms with E-state index in [1.54, 1.807) is 0 Å². The largest absolute Gasteiger partial charge is 0.501 e. The van der Waals surface area contributed by atoms with Gasteiger partial charge in [-0.05, 0) is 25.7 Å². The number of Topliss-reactive ketones (excluding diaryl/α,β-unsaturated/α-hetero) is 1. The normalized spacial score (nSPS) is 20.9. The fourth-order valence-electron chi connectivity index (χ4n) is 2.52. The minimum atomic E-state index is -1.24. The third-order valence-corrected chi connectivity index (χ3v) is 3.61. The second kappa shape index (κ2) is 6.37. The number of amides is 1. The molecule has 1 aliphatic heterocycles. The van der Waals surface area contributed by atoms with Gasteiger partial charge in [0.15, 0.2) is 11.7 Å². The van der Waals surface area contributed by atoms with Gasteiger partial charge in [-0.15, -0.1) is 0 Å². The fraction of sp³-hybridized carbons (Fsp3) is 0.643. The first-order valence-corrected chi connectivity index (χ1v) is 6.77. The lowest BCUT2D eigenvalue weighted by Gasteiger charge is -2.17. The van der Waals surface area contributed by atoms with Gasteiger partial charge in [-0.2, -0.15) is 5.26 Å². The van der Waals surface area contributed by atoms with Gasteiger partial charge in [0.05, 0.1) is 18.9 Å². The van der Waals surface area contributed by atoms with Gasteiger partial charge < -0.3 is 10.1 Å². The Morgan fingerprint density at radius 1 is 1.37 bits per heavy atom. The molecule has 1 N–H and O–H groups in total. The zero-order chi connectivity index (χ0) is 13.7. The average molecular weight is 262 g/mol. The van der Waals surface area contributed by atoms with Gasteiger partial charge in [0, 0.05) is 11.6 Å². The van der Waals surface area contributed by atoms with Crippen molar-refractivity contribution < 1.29 is 14.3 Å². The number of allylic oxidation sites excluding steroid dienone is 1. The Hall–Kier alpha value is -1.83. The number of ether oxygens (including phenoxy) is 1. The molecule has 2 rings (SSSR count). The minimum Gasteiger partial charge on any atom is -0.501 e. The molecule has 1 atom stereocenters.